The largest absolute Gasteiger partial charge is 0.277 e. The predicted octanol–water partition coefficient (Wildman–Crippen LogP) is 1.62. The van der Waals surface area contributed by atoms with E-state index in [-0.39, 0.29) is 11.3 Å². The first-order chi connectivity index (χ1) is 10.3. The molecule has 2 aromatic rings. The molecular weight excluding hydrogens is 322 g/mol. The molecule has 6 nitrogen and oxygen atoms in total. The summed E-state index contributed by atoms with van der Waals surface area (Å²) in [4.78, 5) is 18.1. The van der Waals surface area contributed by atoms with Gasteiger partial charge in [0.25, 0.3) is 10.0 Å². The van der Waals surface area contributed by atoms with Crippen LogP contribution in [0.4, 0.5) is 0 Å². The van der Waals surface area contributed by atoms with Crippen LogP contribution in [0.1, 0.15) is 21.8 Å². The molecule has 1 aromatic heterocycles. The number of amides is 1. The molecule has 2 N–H and O–H groups in total. The molecule has 0 radical (unpaired) electrons. The van der Waals surface area contributed by atoms with E-state index >= 15 is 0 Å². The highest BCUT2D eigenvalue weighted by molar-refractivity contribution is 7.89. The van der Waals surface area contributed by atoms with E-state index < -0.39 is 15.9 Å². The third-order valence-electron chi connectivity index (χ3n) is 3.12. The molecule has 1 aromatic carbocycles. The standard InChI is InChI=1S/C14H17N3O3S2/c1-9-4-5-13(6-10(9)2)22(19,20)17-16-14(18)7-12-8-21-11(3)15-12/h4-6,8,17H,7H2,1-3H3,(H,16,18). The van der Waals surface area contributed by atoms with Crippen molar-refractivity contribution in [3.8, 4) is 0 Å². The van der Waals surface area contributed by atoms with E-state index in [1.165, 1.54) is 17.4 Å². The normalized spacial score (nSPS) is 11.4. The van der Waals surface area contributed by atoms with Crippen molar-refractivity contribution in [1.29, 1.82) is 0 Å². The Morgan fingerprint density at radius 1 is 1.23 bits per heavy atom. The monoisotopic (exact) mass is 339 g/mol. The summed E-state index contributed by atoms with van der Waals surface area (Å²) in [6.07, 6.45) is 0.0276. The molecule has 22 heavy (non-hydrogen) atoms. The molecule has 0 saturated carbocycles. The van der Waals surface area contributed by atoms with E-state index in [0.29, 0.717) is 5.69 Å². The summed E-state index contributed by atoms with van der Waals surface area (Å²) in [5, 5.41) is 2.63. The van der Waals surface area contributed by atoms with Gasteiger partial charge in [0.05, 0.1) is 22.0 Å². The molecule has 0 atom stereocenters. The fourth-order valence-corrected chi connectivity index (χ4v) is 3.32. The van der Waals surface area contributed by atoms with Gasteiger partial charge in [-0.2, -0.15) is 0 Å². The van der Waals surface area contributed by atoms with Crippen molar-refractivity contribution in [2.24, 2.45) is 0 Å². The molecule has 1 heterocycles. The molecule has 0 unspecified atom stereocenters. The van der Waals surface area contributed by atoms with E-state index in [9.17, 15) is 13.2 Å². The lowest BCUT2D eigenvalue weighted by molar-refractivity contribution is -0.120. The van der Waals surface area contributed by atoms with Crippen LogP contribution in [-0.4, -0.2) is 19.3 Å². The maximum atomic E-state index is 12.1. The van der Waals surface area contributed by atoms with Gasteiger partial charge >= 0.3 is 0 Å². The Balaban J connectivity index is 2.00. The van der Waals surface area contributed by atoms with Gasteiger partial charge in [-0.1, -0.05) is 6.07 Å². The van der Waals surface area contributed by atoms with Gasteiger partial charge in [-0.15, -0.1) is 16.2 Å². The summed E-state index contributed by atoms with van der Waals surface area (Å²) in [6, 6.07) is 4.79. The number of benzene rings is 1. The van der Waals surface area contributed by atoms with Gasteiger partial charge in [0, 0.05) is 5.38 Å². The molecule has 0 aliphatic rings. The van der Waals surface area contributed by atoms with Crippen molar-refractivity contribution in [1.82, 2.24) is 15.2 Å². The number of aryl methyl sites for hydroxylation is 3. The van der Waals surface area contributed by atoms with Crippen molar-refractivity contribution in [3.05, 3.63) is 45.4 Å². The number of rotatable bonds is 5. The second-order valence-corrected chi connectivity index (χ2v) is 7.68. The van der Waals surface area contributed by atoms with Crippen molar-refractivity contribution in [3.63, 3.8) is 0 Å². The molecule has 8 heteroatoms. The van der Waals surface area contributed by atoms with E-state index in [2.05, 4.69) is 15.2 Å². The average molecular weight is 339 g/mol. The number of hydrogen-bond donors (Lipinski definition) is 2. The van der Waals surface area contributed by atoms with E-state index in [1.54, 1.807) is 17.5 Å². The Hall–Kier alpha value is -1.77. The quantitative estimate of drug-likeness (QED) is 0.810. The fourth-order valence-electron chi connectivity index (χ4n) is 1.76. The summed E-state index contributed by atoms with van der Waals surface area (Å²) in [7, 11) is -3.78. The zero-order valence-electron chi connectivity index (χ0n) is 12.5. The van der Waals surface area contributed by atoms with Crippen LogP contribution in [0.3, 0.4) is 0 Å². The highest BCUT2D eigenvalue weighted by Gasteiger charge is 2.16. The predicted molar refractivity (Wildman–Crippen MR) is 84.9 cm³/mol. The average Bonchev–Trinajstić information content (AvgIpc) is 2.85. The highest BCUT2D eigenvalue weighted by atomic mass is 32.2. The minimum atomic E-state index is -3.78. The van der Waals surface area contributed by atoms with Crippen LogP contribution in [0.5, 0.6) is 0 Å². The second-order valence-electron chi connectivity index (χ2n) is 4.93. The Bertz CT molecular complexity index is 797. The number of carbonyl (C=O) groups excluding carboxylic acids is 1. The summed E-state index contributed by atoms with van der Waals surface area (Å²) in [5.41, 5.74) is 4.69. The van der Waals surface area contributed by atoms with Crippen molar-refractivity contribution >= 4 is 27.3 Å². The van der Waals surface area contributed by atoms with E-state index in [1.807, 2.05) is 20.8 Å². The molecule has 0 aliphatic heterocycles. The lowest BCUT2D eigenvalue weighted by Gasteiger charge is -2.09. The molecule has 0 saturated heterocycles. The number of nitrogens with one attached hydrogen (secondary N) is 2. The zero-order chi connectivity index (χ0) is 16.3. The topological polar surface area (TPSA) is 88.2 Å². The van der Waals surface area contributed by atoms with E-state index in [4.69, 9.17) is 0 Å². The van der Waals surface area contributed by atoms with Crippen LogP contribution in [0.15, 0.2) is 28.5 Å². The minimum Gasteiger partial charge on any atom is -0.277 e. The maximum absolute atomic E-state index is 12.1. The van der Waals surface area contributed by atoms with Gasteiger partial charge in [-0.3, -0.25) is 10.2 Å². The summed E-state index contributed by atoms with van der Waals surface area (Å²) in [6.45, 7) is 5.57. The van der Waals surface area contributed by atoms with Gasteiger partial charge in [-0.05, 0) is 44.0 Å². The minimum absolute atomic E-state index is 0.0276. The first kappa shape index (κ1) is 16.6. The van der Waals surface area contributed by atoms with Gasteiger partial charge in [0.1, 0.15) is 0 Å². The SMILES string of the molecule is Cc1nc(CC(=O)NNS(=O)(=O)c2ccc(C)c(C)c2)cs1. The molecule has 118 valence electrons. The van der Waals surface area contributed by atoms with Crippen molar-refractivity contribution < 1.29 is 13.2 Å². The third-order valence-corrected chi connectivity index (χ3v) is 5.19. The second kappa shape index (κ2) is 6.55. The fraction of sp³-hybridized carbons (Fsp3) is 0.286. The Morgan fingerprint density at radius 2 is 1.95 bits per heavy atom. The number of sulfonamides is 1. The number of hydrogen-bond acceptors (Lipinski definition) is 5. The Kier molecular flexibility index (Phi) is 4.94. The highest BCUT2D eigenvalue weighted by Crippen LogP contribution is 2.14. The van der Waals surface area contributed by atoms with Gasteiger partial charge in [-0.25, -0.2) is 13.4 Å². The maximum Gasteiger partial charge on any atom is 0.257 e. The van der Waals surface area contributed by atoms with Crippen LogP contribution in [-0.2, 0) is 21.2 Å². The number of hydrazine groups is 1. The lowest BCUT2D eigenvalue weighted by Crippen LogP contribution is -2.42. The smallest absolute Gasteiger partial charge is 0.257 e. The van der Waals surface area contributed by atoms with Crippen LogP contribution in [0.2, 0.25) is 0 Å². The summed E-state index contributed by atoms with van der Waals surface area (Å²) < 4.78 is 24.2. The number of thiazole rings is 1. The van der Waals surface area contributed by atoms with Crippen LogP contribution in [0.25, 0.3) is 0 Å². The molecule has 0 aliphatic carbocycles. The van der Waals surface area contributed by atoms with Crippen LogP contribution >= 0.6 is 11.3 Å². The molecule has 1 amide bonds. The zero-order valence-corrected chi connectivity index (χ0v) is 14.1. The molecular formula is C14H17N3O3S2. The van der Waals surface area contributed by atoms with Gasteiger partial charge in [0.2, 0.25) is 5.91 Å². The number of aromatic nitrogens is 1. The van der Waals surface area contributed by atoms with E-state index in [0.717, 1.165) is 16.1 Å². The first-order valence-corrected chi connectivity index (χ1v) is 8.93. The first-order valence-electron chi connectivity index (χ1n) is 6.57. The van der Waals surface area contributed by atoms with Crippen molar-refractivity contribution in [2.45, 2.75) is 32.1 Å². The van der Waals surface area contributed by atoms with Gasteiger partial charge < -0.3 is 0 Å². The lowest BCUT2D eigenvalue weighted by atomic mass is 10.1. The third kappa shape index (κ3) is 4.12. The van der Waals surface area contributed by atoms with Crippen molar-refractivity contribution in [2.75, 3.05) is 0 Å². The Morgan fingerprint density at radius 3 is 2.55 bits per heavy atom. The van der Waals surface area contributed by atoms with Crippen LogP contribution < -0.4 is 10.3 Å². The molecule has 0 bridgehead atoms. The summed E-state index contributed by atoms with van der Waals surface area (Å²) >= 11 is 1.44. The number of nitrogens with zero attached hydrogens (tertiary/aromatic N) is 1. The van der Waals surface area contributed by atoms with Gasteiger partial charge in [0.15, 0.2) is 0 Å². The molecule has 0 fully saturated rings. The van der Waals surface area contributed by atoms with Crippen LogP contribution in [0, 0.1) is 20.8 Å². The summed E-state index contributed by atoms with van der Waals surface area (Å²) in [5.74, 6) is -0.460. The molecule has 0 spiro atoms. The molecule has 2 rings (SSSR count). The Labute approximate surface area is 133 Å². The number of carbonyl (C=O) groups is 1.